The summed E-state index contributed by atoms with van der Waals surface area (Å²) in [7, 11) is 0. The van der Waals surface area contributed by atoms with E-state index in [9.17, 15) is 4.79 Å². The molecule has 0 spiro atoms. The molecular weight excluding hydrogens is 324 g/mol. The van der Waals surface area contributed by atoms with E-state index in [4.69, 9.17) is 0 Å². The molecule has 2 amide bonds. The number of rotatable bonds is 3. The van der Waals surface area contributed by atoms with Crippen molar-refractivity contribution in [2.75, 3.05) is 36.4 Å². The lowest BCUT2D eigenvalue weighted by Gasteiger charge is -2.21. The highest BCUT2D eigenvalue weighted by molar-refractivity contribution is 7.09. The van der Waals surface area contributed by atoms with E-state index in [-0.39, 0.29) is 6.03 Å². The molecule has 1 saturated heterocycles. The van der Waals surface area contributed by atoms with Crippen molar-refractivity contribution in [3.8, 4) is 0 Å². The van der Waals surface area contributed by atoms with Crippen molar-refractivity contribution in [1.29, 1.82) is 0 Å². The van der Waals surface area contributed by atoms with Crippen LogP contribution in [0.3, 0.4) is 0 Å². The number of aromatic nitrogens is 3. The summed E-state index contributed by atoms with van der Waals surface area (Å²) >= 11 is 1.44. The van der Waals surface area contributed by atoms with Crippen molar-refractivity contribution < 1.29 is 4.79 Å². The van der Waals surface area contributed by atoms with Gasteiger partial charge in [0.05, 0.1) is 0 Å². The average molecular weight is 346 g/mol. The van der Waals surface area contributed by atoms with Crippen molar-refractivity contribution in [1.82, 2.24) is 19.2 Å². The number of aryl methyl sites for hydroxylation is 2. The van der Waals surface area contributed by atoms with Gasteiger partial charge in [-0.05, 0) is 25.0 Å². The van der Waals surface area contributed by atoms with E-state index in [1.807, 2.05) is 24.0 Å². The normalized spacial score (nSPS) is 15.2. The molecule has 2 aromatic heterocycles. The van der Waals surface area contributed by atoms with Gasteiger partial charge < -0.3 is 9.80 Å². The highest BCUT2D eigenvalue weighted by Gasteiger charge is 2.21. The molecule has 2 aromatic rings. The second kappa shape index (κ2) is 7.57. The number of urea groups is 1. The Bertz CT molecular complexity index is 686. The maximum atomic E-state index is 12.4. The Morgan fingerprint density at radius 3 is 2.88 bits per heavy atom. The van der Waals surface area contributed by atoms with Crippen LogP contribution in [0, 0.1) is 6.92 Å². The number of carbonyl (C=O) groups excluding carboxylic acids is 1. The summed E-state index contributed by atoms with van der Waals surface area (Å²) < 4.78 is 4.35. The van der Waals surface area contributed by atoms with Gasteiger partial charge in [0.1, 0.15) is 11.6 Å². The summed E-state index contributed by atoms with van der Waals surface area (Å²) in [6.07, 6.45) is 3.51. The van der Waals surface area contributed by atoms with Crippen LogP contribution < -0.4 is 10.2 Å². The van der Waals surface area contributed by atoms with Gasteiger partial charge in [-0.3, -0.25) is 5.32 Å². The van der Waals surface area contributed by atoms with Crippen molar-refractivity contribution in [3.05, 3.63) is 29.7 Å². The van der Waals surface area contributed by atoms with Gasteiger partial charge in [0.15, 0.2) is 0 Å². The van der Waals surface area contributed by atoms with Crippen molar-refractivity contribution >= 4 is 28.5 Å². The summed E-state index contributed by atoms with van der Waals surface area (Å²) in [4.78, 5) is 25.3. The zero-order valence-electron chi connectivity index (χ0n) is 14.0. The minimum Gasteiger partial charge on any atom is -0.345 e. The van der Waals surface area contributed by atoms with E-state index in [1.165, 1.54) is 11.5 Å². The molecular formula is C16H22N6OS. The number of hydrogen-bond donors (Lipinski definition) is 1. The standard InChI is InChI=1S/C16H22N6OS/c1-3-13-19-16(24-20-13)22-8-4-7-21(9-10-22)15(23)18-14-6-5-12(2)11-17-14/h5-6,11H,3-4,7-10H2,1-2H3,(H,17,18,23). The number of pyridine rings is 1. The second-order valence-corrected chi connectivity index (χ2v) is 6.56. The molecule has 0 bridgehead atoms. The summed E-state index contributed by atoms with van der Waals surface area (Å²) in [5, 5.41) is 3.82. The molecule has 0 atom stereocenters. The van der Waals surface area contributed by atoms with Gasteiger partial charge in [-0.1, -0.05) is 13.0 Å². The predicted molar refractivity (Wildman–Crippen MR) is 95.7 cm³/mol. The van der Waals surface area contributed by atoms with Crippen LogP contribution in [0.2, 0.25) is 0 Å². The smallest absolute Gasteiger partial charge is 0.323 e. The maximum Gasteiger partial charge on any atom is 0.323 e. The first-order chi connectivity index (χ1) is 11.7. The van der Waals surface area contributed by atoms with Crippen LogP contribution in [0.4, 0.5) is 15.7 Å². The second-order valence-electron chi connectivity index (χ2n) is 5.83. The van der Waals surface area contributed by atoms with Gasteiger partial charge in [-0.25, -0.2) is 14.8 Å². The lowest BCUT2D eigenvalue weighted by atomic mass is 10.3. The molecule has 7 nitrogen and oxygen atoms in total. The monoisotopic (exact) mass is 346 g/mol. The molecule has 3 heterocycles. The van der Waals surface area contributed by atoms with E-state index in [0.717, 1.165) is 49.0 Å². The van der Waals surface area contributed by atoms with Crippen LogP contribution in [0.25, 0.3) is 0 Å². The number of nitrogens with zero attached hydrogens (tertiary/aromatic N) is 5. The van der Waals surface area contributed by atoms with Crippen LogP contribution >= 0.6 is 11.5 Å². The first-order valence-electron chi connectivity index (χ1n) is 8.22. The molecule has 0 aromatic carbocycles. The number of carbonyl (C=O) groups is 1. The molecule has 1 aliphatic heterocycles. The minimum absolute atomic E-state index is 0.0975. The molecule has 1 fully saturated rings. The first-order valence-corrected chi connectivity index (χ1v) is 8.99. The molecule has 3 rings (SSSR count). The van der Waals surface area contributed by atoms with E-state index >= 15 is 0 Å². The molecule has 8 heteroatoms. The molecule has 1 N–H and O–H groups in total. The third-order valence-electron chi connectivity index (χ3n) is 3.97. The van der Waals surface area contributed by atoms with Gasteiger partial charge >= 0.3 is 6.03 Å². The van der Waals surface area contributed by atoms with Crippen molar-refractivity contribution in [2.24, 2.45) is 0 Å². The van der Waals surface area contributed by atoms with Crippen molar-refractivity contribution in [3.63, 3.8) is 0 Å². The van der Waals surface area contributed by atoms with Crippen LogP contribution in [-0.4, -0.2) is 51.5 Å². The van der Waals surface area contributed by atoms with Gasteiger partial charge in [0, 0.05) is 50.3 Å². The van der Waals surface area contributed by atoms with Gasteiger partial charge in [0.2, 0.25) is 5.13 Å². The summed E-state index contributed by atoms with van der Waals surface area (Å²) in [6, 6.07) is 3.66. The SMILES string of the molecule is CCc1nsc(N2CCCN(C(=O)Nc3ccc(C)cn3)CC2)n1. The highest BCUT2D eigenvalue weighted by atomic mass is 32.1. The quantitative estimate of drug-likeness (QED) is 0.924. The van der Waals surface area contributed by atoms with Crippen LogP contribution in [0.15, 0.2) is 18.3 Å². The Labute approximate surface area is 145 Å². The van der Waals surface area contributed by atoms with Gasteiger partial charge in [0.25, 0.3) is 0 Å². The molecule has 0 radical (unpaired) electrons. The van der Waals surface area contributed by atoms with Gasteiger partial charge in [-0.15, -0.1) is 0 Å². The first kappa shape index (κ1) is 16.6. The molecule has 0 saturated carbocycles. The number of nitrogens with one attached hydrogen (secondary N) is 1. The summed E-state index contributed by atoms with van der Waals surface area (Å²) in [6.45, 7) is 7.09. The Morgan fingerprint density at radius 1 is 1.29 bits per heavy atom. The summed E-state index contributed by atoms with van der Waals surface area (Å²) in [5.74, 6) is 1.47. The number of hydrogen-bond acceptors (Lipinski definition) is 6. The summed E-state index contributed by atoms with van der Waals surface area (Å²) in [5.41, 5.74) is 1.07. The third-order valence-corrected chi connectivity index (χ3v) is 4.79. The van der Waals surface area contributed by atoms with E-state index in [1.54, 1.807) is 6.20 Å². The molecule has 24 heavy (non-hydrogen) atoms. The van der Waals surface area contributed by atoms with E-state index in [2.05, 4.69) is 31.5 Å². The maximum absolute atomic E-state index is 12.4. The average Bonchev–Trinajstić information content (AvgIpc) is 2.93. The molecule has 1 aliphatic rings. The van der Waals surface area contributed by atoms with E-state index < -0.39 is 0 Å². The van der Waals surface area contributed by atoms with E-state index in [0.29, 0.717) is 12.4 Å². The zero-order chi connectivity index (χ0) is 16.9. The van der Waals surface area contributed by atoms with Crippen LogP contribution in [0.5, 0.6) is 0 Å². The largest absolute Gasteiger partial charge is 0.345 e. The molecule has 128 valence electrons. The van der Waals surface area contributed by atoms with Crippen LogP contribution in [0.1, 0.15) is 24.7 Å². The minimum atomic E-state index is -0.0975. The Balaban J connectivity index is 1.58. The van der Waals surface area contributed by atoms with Crippen LogP contribution in [-0.2, 0) is 6.42 Å². The Kier molecular flexibility index (Phi) is 5.24. The lowest BCUT2D eigenvalue weighted by Crippen LogP contribution is -2.38. The van der Waals surface area contributed by atoms with Crippen molar-refractivity contribution in [2.45, 2.75) is 26.7 Å². The topological polar surface area (TPSA) is 74.2 Å². The third kappa shape index (κ3) is 4.00. The fourth-order valence-corrected chi connectivity index (χ4v) is 3.36. The number of amides is 2. The Hall–Kier alpha value is -2.22. The zero-order valence-corrected chi connectivity index (χ0v) is 14.8. The molecule has 0 unspecified atom stereocenters. The Morgan fingerprint density at radius 2 is 2.17 bits per heavy atom. The predicted octanol–water partition coefficient (Wildman–Crippen LogP) is 2.55. The number of anilines is 2. The highest BCUT2D eigenvalue weighted by Crippen LogP contribution is 2.19. The fraction of sp³-hybridized carbons (Fsp3) is 0.500. The van der Waals surface area contributed by atoms with Gasteiger partial charge in [-0.2, -0.15) is 4.37 Å². The fourth-order valence-electron chi connectivity index (χ4n) is 2.56. The lowest BCUT2D eigenvalue weighted by molar-refractivity contribution is 0.215. The molecule has 0 aliphatic carbocycles.